The van der Waals surface area contributed by atoms with Crippen LogP contribution in [0.25, 0.3) is 0 Å². The van der Waals surface area contributed by atoms with Crippen molar-refractivity contribution in [1.29, 1.82) is 0 Å². The number of carbonyl (C=O) groups excluding carboxylic acids is 1. The third-order valence-corrected chi connectivity index (χ3v) is 3.19. The largest absolute Gasteiger partial charge is 0.495 e. The highest BCUT2D eigenvalue weighted by Gasteiger charge is 2.16. The average Bonchev–Trinajstić information content (AvgIpc) is 2.48. The minimum atomic E-state index is -0.961. The van der Waals surface area contributed by atoms with Gasteiger partial charge in [0.2, 0.25) is 0 Å². The maximum absolute atomic E-state index is 13.6. The molecule has 4 nitrogen and oxygen atoms in total. The van der Waals surface area contributed by atoms with Crippen LogP contribution in [0.2, 0.25) is 5.02 Å². The summed E-state index contributed by atoms with van der Waals surface area (Å²) in [5.41, 5.74) is -0.0464. The van der Waals surface area contributed by atoms with E-state index in [1.165, 1.54) is 26.4 Å². The van der Waals surface area contributed by atoms with Gasteiger partial charge in [0.05, 0.1) is 30.5 Å². The van der Waals surface area contributed by atoms with Crippen LogP contribution in [0.1, 0.15) is 10.4 Å². The molecule has 0 aliphatic rings. The van der Waals surface area contributed by atoms with Crippen LogP contribution in [-0.4, -0.2) is 20.1 Å². The zero-order valence-electron chi connectivity index (χ0n) is 11.7. The quantitative estimate of drug-likeness (QED) is 0.926. The number of halogens is 3. The summed E-state index contributed by atoms with van der Waals surface area (Å²) in [4.78, 5) is 12.1. The summed E-state index contributed by atoms with van der Waals surface area (Å²) in [5, 5.41) is 2.77. The molecule has 0 saturated carbocycles. The SMILES string of the molecule is COc1cc(NC(=O)c2ccc(F)cc2F)c(OC)cc1Cl. The van der Waals surface area contributed by atoms with Crippen LogP contribution >= 0.6 is 11.6 Å². The van der Waals surface area contributed by atoms with Crippen molar-refractivity contribution in [2.75, 3.05) is 19.5 Å². The standard InChI is InChI=1S/C15H12ClF2NO3/c1-21-13-7-12(14(22-2)6-10(13)16)19-15(20)9-4-3-8(17)5-11(9)18/h3-7H,1-2H3,(H,19,20). The van der Waals surface area contributed by atoms with Crippen molar-refractivity contribution in [3.63, 3.8) is 0 Å². The Morgan fingerprint density at radius 2 is 1.77 bits per heavy atom. The monoisotopic (exact) mass is 327 g/mol. The molecule has 0 aliphatic heterocycles. The van der Waals surface area contributed by atoms with Crippen LogP contribution in [0.3, 0.4) is 0 Å². The molecule has 2 aromatic carbocycles. The van der Waals surface area contributed by atoms with Gasteiger partial charge in [-0.05, 0) is 12.1 Å². The summed E-state index contributed by atoms with van der Waals surface area (Å²) in [7, 11) is 2.81. The Labute approximate surface area is 130 Å². The lowest BCUT2D eigenvalue weighted by Gasteiger charge is -2.13. The van der Waals surface area contributed by atoms with Crippen molar-refractivity contribution in [2.45, 2.75) is 0 Å². The number of ether oxygens (including phenoxy) is 2. The number of carbonyl (C=O) groups is 1. The Bertz CT molecular complexity index is 722. The zero-order chi connectivity index (χ0) is 16.3. The van der Waals surface area contributed by atoms with Crippen LogP contribution in [0.15, 0.2) is 30.3 Å². The van der Waals surface area contributed by atoms with Crippen molar-refractivity contribution in [2.24, 2.45) is 0 Å². The zero-order valence-corrected chi connectivity index (χ0v) is 12.5. The molecule has 0 radical (unpaired) electrons. The fraction of sp³-hybridized carbons (Fsp3) is 0.133. The minimum Gasteiger partial charge on any atom is -0.495 e. The molecule has 0 fully saturated rings. The van der Waals surface area contributed by atoms with E-state index in [0.29, 0.717) is 16.8 Å². The topological polar surface area (TPSA) is 47.6 Å². The Hall–Kier alpha value is -2.34. The van der Waals surface area contributed by atoms with E-state index in [2.05, 4.69) is 5.32 Å². The van der Waals surface area contributed by atoms with Crippen molar-refractivity contribution in [1.82, 2.24) is 0 Å². The highest BCUT2D eigenvalue weighted by molar-refractivity contribution is 6.32. The fourth-order valence-corrected chi connectivity index (χ4v) is 2.05. The van der Waals surface area contributed by atoms with E-state index in [-0.39, 0.29) is 17.0 Å². The molecule has 0 aliphatic carbocycles. The molecule has 0 saturated heterocycles. The van der Waals surface area contributed by atoms with E-state index in [9.17, 15) is 13.6 Å². The Balaban J connectivity index is 2.35. The maximum atomic E-state index is 13.6. The molecule has 1 N–H and O–H groups in total. The minimum absolute atomic E-state index is 0.248. The first-order valence-corrected chi connectivity index (χ1v) is 6.52. The van der Waals surface area contributed by atoms with E-state index in [4.69, 9.17) is 21.1 Å². The number of hydrogen-bond acceptors (Lipinski definition) is 3. The number of methoxy groups -OCH3 is 2. The molecule has 0 spiro atoms. The van der Waals surface area contributed by atoms with Crippen molar-refractivity contribution < 1.29 is 23.0 Å². The molecule has 2 aromatic rings. The lowest BCUT2D eigenvalue weighted by Crippen LogP contribution is -2.14. The van der Waals surface area contributed by atoms with Gasteiger partial charge in [0, 0.05) is 18.2 Å². The average molecular weight is 328 g/mol. The van der Waals surface area contributed by atoms with Gasteiger partial charge in [-0.1, -0.05) is 11.6 Å². The Kier molecular flexibility index (Phi) is 4.82. The summed E-state index contributed by atoms with van der Waals surface area (Å²) >= 11 is 5.96. The fourth-order valence-electron chi connectivity index (χ4n) is 1.82. The van der Waals surface area contributed by atoms with Gasteiger partial charge in [0.25, 0.3) is 5.91 Å². The van der Waals surface area contributed by atoms with Gasteiger partial charge in [-0.2, -0.15) is 0 Å². The molecule has 7 heteroatoms. The van der Waals surface area contributed by atoms with Gasteiger partial charge < -0.3 is 14.8 Å². The third-order valence-electron chi connectivity index (χ3n) is 2.90. The predicted molar refractivity (Wildman–Crippen MR) is 78.9 cm³/mol. The van der Waals surface area contributed by atoms with Gasteiger partial charge in [-0.25, -0.2) is 8.78 Å². The second-order valence-electron chi connectivity index (χ2n) is 4.27. The number of nitrogens with one attached hydrogen (secondary N) is 1. The van der Waals surface area contributed by atoms with E-state index < -0.39 is 17.5 Å². The molecule has 0 heterocycles. The number of benzene rings is 2. The van der Waals surface area contributed by atoms with E-state index in [0.717, 1.165) is 12.1 Å². The third kappa shape index (κ3) is 3.28. The molecule has 0 bridgehead atoms. The normalized spacial score (nSPS) is 10.2. The summed E-state index contributed by atoms with van der Waals surface area (Å²) in [5.74, 6) is -1.88. The second-order valence-corrected chi connectivity index (χ2v) is 4.67. The number of rotatable bonds is 4. The molecular formula is C15H12ClF2NO3. The smallest absolute Gasteiger partial charge is 0.258 e. The summed E-state index contributed by atoms with van der Waals surface area (Å²) in [6.45, 7) is 0. The molecule has 116 valence electrons. The summed E-state index contributed by atoms with van der Waals surface area (Å²) in [6, 6.07) is 5.59. The van der Waals surface area contributed by atoms with Gasteiger partial charge >= 0.3 is 0 Å². The van der Waals surface area contributed by atoms with Crippen molar-refractivity contribution in [3.8, 4) is 11.5 Å². The van der Waals surface area contributed by atoms with Crippen LogP contribution in [0.5, 0.6) is 11.5 Å². The van der Waals surface area contributed by atoms with Gasteiger partial charge in [0.15, 0.2) is 0 Å². The van der Waals surface area contributed by atoms with Gasteiger partial charge in [-0.15, -0.1) is 0 Å². The first-order chi connectivity index (χ1) is 10.5. The van der Waals surface area contributed by atoms with E-state index in [1.54, 1.807) is 0 Å². The van der Waals surface area contributed by atoms with Crippen molar-refractivity contribution >= 4 is 23.2 Å². The van der Waals surface area contributed by atoms with Crippen LogP contribution < -0.4 is 14.8 Å². The molecular weight excluding hydrogens is 316 g/mol. The summed E-state index contributed by atoms with van der Waals surface area (Å²) in [6.07, 6.45) is 0. The lowest BCUT2D eigenvalue weighted by atomic mass is 10.2. The van der Waals surface area contributed by atoms with Gasteiger partial charge in [0.1, 0.15) is 23.1 Å². The second kappa shape index (κ2) is 6.62. The maximum Gasteiger partial charge on any atom is 0.258 e. The molecule has 0 aromatic heterocycles. The number of hydrogen-bond donors (Lipinski definition) is 1. The number of anilines is 1. The van der Waals surface area contributed by atoms with E-state index in [1.807, 2.05) is 0 Å². The van der Waals surface area contributed by atoms with E-state index >= 15 is 0 Å². The highest BCUT2D eigenvalue weighted by atomic mass is 35.5. The Morgan fingerprint density at radius 1 is 1.09 bits per heavy atom. The summed E-state index contributed by atoms with van der Waals surface area (Å²) < 4.78 is 36.6. The molecule has 0 atom stereocenters. The van der Waals surface area contributed by atoms with Crippen molar-refractivity contribution in [3.05, 3.63) is 52.6 Å². The number of amides is 1. The predicted octanol–water partition coefficient (Wildman–Crippen LogP) is 3.89. The first-order valence-electron chi connectivity index (χ1n) is 6.14. The molecule has 0 unspecified atom stereocenters. The Morgan fingerprint density at radius 3 is 2.36 bits per heavy atom. The van der Waals surface area contributed by atoms with Crippen LogP contribution in [-0.2, 0) is 0 Å². The molecule has 2 rings (SSSR count). The van der Waals surface area contributed by atoms with Crippen LogP contribution in [0, 0.1) is 11.6 Å². The highest BCUT2D eigenvalue weighted by Crippen LogP contribution is 2.36. The molecule has 22 heavy (non-hydrogen) atoms. The lowest BCUT2D eigenvalue weighted by molar-refractivity contribution is 0.102. The first kappa shape index (κ1) is 16.0. The molecule has 1 amide bonds. The van der Waals surface area contributed by atoms with Crippen LogP contribution in [0.4, 0.5) is 14.5 Å². The van der Waals surface area contributed by atoms with Gasteiger partial charge in [-0.3, -0.25) is 4.79 Å².